The van der Waals surface area contributed by atoms with Crippen LogP contribution in [-0.2, 0) is 16.1 Å². The molecule has 1 N–H and O–H groups in total. The topological polar surface area (TPSA) is 49.8 Å². The third-order valence-corrected chi connectivity index (χ3v) is 3.44. The molecule has 2 rings (SSSR count). The van der Waals surface area contributed by atoms with E-state index < -0.39 is 6.23 Å². The van der Waals surface area contributed by atoms with E-state index in [1.165, 1.54) is 12.7 Å². The van der Waals surface area contributed by atoms with E-state index in [0.29, 0.717) is 6.42 Å². The number of nitrogens with zero attached hydrogens (tertiary/aromatic N) is 1. The monoisotopic (exact) mass is 249 g/mol. The van der Waals surface area contributed by atoms with E-state index in [-0.39, 0.29) is 11.9 Å². The maximum atomic E-state index is 11.4. The van der Waals surface area contributed by atoms with Crippen LogP contribution in [0.15, 0.2) is 30.3 Å². The average Bonchev–Trinajstić information content (AvgIpc) is 2.41. The lowest BCUT2D eigenvalue weighted by atomic mass is 9.95. The Morgan fingerprint density at radius 2 is 2.17 bits per heavy atom. The molecule has 0 aliphatic carbocycles. The number of aliphatic hydroxyl groups is 1. The number of hydrogen-bond acceptors (Lipinski definition) is 4. The molecule has 0 radical (unpaired) electrons. The Bertz CT molecular complexity index is 393. The van der Waals surface area contributed by atoms with Gasteiger partial charge in [0.05, 0.1) is 13.0 Å². The molecule has 1 saturated heterocycles. The zero-order chi connectivity index (χ0) is 13.0. The van der Waals surface area contributed by atoms with Gasteiger partial charge in [-0.05, 0) is 12.0 Å². The van der Waals surface area contributed by atoms with Gasteiger partial charge in [-0.2, -0.15) is 0 Å². The van der Waals surface area contributed by atoms with Crippen molar-refractivity contribution >= 4 is 5.97 Å². The molecular formula is C14H19NO3. The van der Waals surface area contributed by atoms with Crippen LogP contribution >= 0.6 is 0 Å². The maximum Gasteiger partial charge on any atom is 0.308 e. The van der Waals surface area contributed by atoms with Crippen LogP contribution in [0.2, 0.25) is 0 Å². The van der Waals surface area contributed by atoms with Crippen LogP contribution in [0.4, 0.5) is 0 Å². The van der Waals surface area contributed by atoms with E-state index in [1.54, 1.807) is 0 Å². The molecule has 0 aromatic heterocycles. The number of benzene rings is 1. The second kappa shape index (κ2) is 5.98. The van der Waals surface area contributed by atoms with Crippen LogP contribution in [-0.4, -0.2) is 35.9 Å². The van der Waals surface area contributed by atoms with Gasteiger partial charge in [0.1, 0.15) is 6.23 Å². The number of ether oxygens (including phenoxy) is 1. The molecule has 98 valence electrons. The summed E-state index contributed by atoms with van der Waals surface area (Å²) in [5.41, 5.74) is 1.17. The number of likely N-dealkylation sites (tertiary alicyclic amines) is 1. The summed E-state index contributed by atoms with van der Waals surface area (Å²) in [6.07, 6.45) is 0.638. The van der Waals surface area contributed by atoms with Gasteiger partial charge in [-0.1, -0.05) is 30.3 Å². The van der Waals surface area contributed by atoms with Crippen molar-refractivity contribution in [2.75, 3.05) is 13.7 Å². The number of piperidine rings is 1. The predicted octanol–water partition coefficient (Wildman–Crippen LogP) is 1.39. The van der Waals surface area contributed by atoms with Crippen molar-refractivity contribution in [2.24, 2.45) is 5.92 Å². The number of methoxy groups -OCH3 is 1. The molecule has 1 aromatic carbocycles. The highest BCUT2D eigenvalue weighted by molar-refractivity contribution is 5.72. The Morgan fingerprint density at radius 3 is 2.78 bits per heavy atom. The molecule has 2 atom stereocenters. The minimum atomic E-state index is -0.567. The number of aliphatic hydroxyl groups excluding tert-OH is 1. The molecular weight excluding hydrogens is 230 g/mol. The summed E-state index contributed by atoms with van der Waals surface area (Å²) >= 11 is 0. The summed E-state index contributed by atoms with van der Waals surface area (Å²) in [6, 6.07) is 10.0. The van der Waals surface area contributed by atoms with E-state index in [2.05, 4.69) is 0 Å². The highest BCUT2D eigenvalue weighted by Gasteiger charge is 2.31. The van der Waals surface area contributed by atoms with E-state index in [9.17, 15) is 9.90 Å². The van der Waals surface area contributed by atoms with Crippen LogP contribution < -0.4 is 0 Å². The molecule has 18 heavy (non-hydrogen) atoms. The molecule has 0 amide bonds. The van der Waals surface area contributed by atoms with E-state index in [1.807, 2.05) is 35.2 Å². The SMILES string of the molecule is COC(=O)C1CCN(Cc2ccccc2)C(O)C1. The highest BCUT2D eigenvalue weighted by Crippen LogP contribution is 2.24. The molecule has 0 saturated carbocycles. The number of esters is 1. The van der Waals surface area contributed by atoms with Gasteiger partial charge in [-0.25, -0.2) is 0 Å². The fourth-order valence-corrected chi connectivity index (χ4v) is 2.38. The number of rotatable bonds is 3. The lowest BCUT2D eigenvalue weighted by Gasteiger charge is -2.35. The van der Waals surface area contributed by atoms with Crippen molar-refractivity contribution in [2.45, 2.75) is 25.6 Å². The third-order valence-electron chi connectivity index (χ3n) is 3.44. The number of carbonyl (C=O) groups is 1. The molecule has 0 spiro atoms. The Balaban J connectivity index is 1.92. The Morgan fingerprint density at radius 1 is 1.44 bits per heavy atom. The average molecular weight is 249 g/mol. The van der Waals surface area contributed by atoms with Crippen molar-refractivity contribution in [1.82, 2.24) is 4.90 Å². The zero-order valence-electron chi connectivity index (χ0n) is 10.6. The molecule has 1 aliphatic heterocycles. The third kappa shape index (κ3) is 3.09. The van der Waals surface area contributed by atoms with Gasteiger partial charge in [0, 0.05) is 19.5 Å². The minimum absolute atomic E-state index is 0.169. The molecule has 1 fully saturated rings. The maximum absolute atomic E-state index is 11.4. The van der Waals surface area contributed by atoms with Gasteiger partial charge >= 0.3 is 5.97 Å². The van der Waals surface area contributed by atoms with Crippen LogP contribution in [0, 0.1) is 5.92 Å². The normalized spacial score (nSPS) is 24.8. The van der Waals surface area contributed by atoms with Crippen LogP contribution in [0.5, 0.6) is 0 Å². The number of carbonyl (C=O) groups excluding carboxylic acids is 1. The highest BCUT2D eigenvalue weighted by atomic mass is 16.5. The molecule has 1 heterocycles. The van der Waals surface area contributed by atoms with Crippen molar-refractivity contribution in [3.63, 3.8) is 0 Å². The molecule has 1 aromatic rings. The van der Waals surface area contributed by atoms with Gasteiger partial charge in [0.25, 0.3) is 0 Å². The van der Waals surface area contributed by atoms with Crippen molar-refractivity contribution < 1.29 is 14.6 Å². The Labute approximate surface area is 107 Å². The molecule has 4 nitrogen and oxygen atoms in total. The van der Waals surface area contributed by atoms with Crippen LogP contribution in [0.25, 0.3) is 0 Å². The second-order valence-corrected chi connectivity index (χ2v) is 4.68. The fraction of sp³-hybridized carbons (Fsp3) is 0.500. The summed E-state index contributed by atoms with van der Waals surface area (Å²) in [6.45, 7) is 1.44. The van der Waals surface area contributed by atoms with Gasteiger partial charge < -0.3 is 9.84 Å². The van der Waals surface area contributed by atoms with Crippen molar-refractivity contribution in [3.05, 3.63) is 35.9 Å². The van der Waals surface area contributed by atoms with E-state index in [4.69, 9.17) is 4.74 Å². The zero-order valence-corrected chi connectivity index (χ0v) is 10.6. The smallest absolute Gasteiger partial charge is 0.308 e. The molecule has 2 unspecified atom stereocenters. The first-order valence-electron chi connectivity index (χ1n) is 6.24. The summed E-state index contributed by atoms with van der Waals surface area (Å²) < 4.78 is 4.72. The first-order valence-corrected chi connectivity index (χ1v) is 6.24. The molecule has 4 heteroatoms. The van der Waals surface area contributed by atoms with E-state index in [0.717, 1.165) is 19.5 Å². The lowest BCUT2D eigenvalue weighted by Crippen LogP contribution is -2.43. The predicted molar refractivity (Wildman–Crippen MR) is 67.6 cm³/mol. The first-order chi connectivity index (χ1) is 8.70. The largest absolute Gasteiger partial charge is 0.469 e. The summed E-state index contributed by atoms with van der Waals surface area (Å²) in [5, 5.41) is 10.1. The molecule has 0 bridgehead atoms. The summed E-state index contributed by atoms with van der Waals surface area (Å²) in [5.74, 6) is -0.384. The Kier molecular flexibility index (Phi) is 4.33. The van der Waals surface area contributed by atoms with E-state index >= 15 is 0 Å². The van der Waals surface area contributed by atoms with Gasteiger partial charge in [0.15, 0.2) is 0 Å². The van der Waals surface area contributed by atoms with Crippen LogP contribution in [0.3, 0.4) is 0 Å². The fourth-order valence-electron chi connectivity index (χ4n) is 2.38. The summed E-state index contributed by atoms with van der Waals surface area (Å²) in [4.78, 5) is 13.4. The quantitative estimate of drug-likeness (QED) is 0.822. The van der Waals surface area contributed by atoms with Crippen LogP contribution in [0.1, 0.15) is 18.4 Å². The summed E-state index contributed by atoms with van der Waals surface area (Å²) in [7, 11) is 1.39. The second-order valence-electron chi connectivity index (χ2n) is 4.68. The van der Waals surface area contributed by atoms with Crippen molar-refractivity contribution in [1.29, 1.82) is 0 Å². The van der Waals surface area contributed by atoms with Crippen molar-refractivity contribution in [3.8, 4) is 0 Å². The van der Waals surface area contributed by atoms with Gasteiger partial charge in [-0.3, -0.25) is 9.69 Å². The standard InChI is InChI=1S/C14H19NO3/c1-18-14(17)12-7-8-15(13(16)9-12)10-11-5-3-2-4-6-11/h2-6,12-13,16H,7-10H2,1H3. The number of hydrogen-bond donors (Lipinski definition) is 1. The molecule has 1 aliphatic rings. The minimum Gasteiger partial charge on any atom is -0.469 e. The first kappa shape index (κ1) is 13.1. The Hall–Kier alpha value is -1.39. The van der Waals surface area contributed by atoms with Gasteiger partial charge in [-0.15, -0.1) is 0 Å². The van der Waals surface area contributed by atoms with Gasteiger partial charge in [0.2, 0.25) is 0 Å². The lowest BCUT2D eigenvalue weighted by molar-refractivity contribution is -0.151.